The molecular weight excluding hydrogens is 406 g/mol. The van der Waals surface area contributed by atoms with Crippen molar-refractivity contribution in [1.82, 2.24) is 19.6 Å². The van der Waals surface area contributed by atoms with Gasteiger partial charge < -0.3 is 10.1 Å². The Morgan fingerprint density at radius 1 is 1.27 bits per heavy atom. The predicted molar refractivity (Wildman–Crippen MR) is 97.7 cm³/mol. The molecule has 0 saturated carbocycles. The summed E-state index contributed by atoms with van der Waals surface area (Å²) < 4.78 is 59.1. The summed E-state index contributed by atoms with van der Waals surface area (Å²) in [5.41, 5.74) is -0.356. The third-order valence-corrected chi connectivity index (χ3v) is 5.16. The van der Waals surface area contributed by atoms with Crippen molar-refractivity contribution < 1.29 is 27.1 Å². The SMILES string of the molecule is COc1cnc(C(F)(F)F)cc1NC(=O)[C@@H]1CC(C)(C)c2c1cnc1cc(F)nn21. The lowest BCUT2D eigenvalue weighted by atomic mass is 9.88. The molecule has 0 saturated heterocycles. The summed E-state index contributed by atoms with van der Waals surface area (Å²) >= 11 is 0. The molecule has 1 aliphatic rings. The number of nitrogens with zero attached hydrogens (tertiary/aromatic N) is 4. The van der Waals surface area contributed by atoms with Crippen molar-refractivity contribution in [2.24, 2.45) is 0 Å². The minimum absolute atomic E-state index is 0.00319. The second-order valence-electron chi connectivity index (χ2n) is 7.70. The van der Waals surface area contributed by atoms with Crippen LogP contribution >= 0.6 is 0 Å². The van der Waals surface area contributed by atoms with Gasteiger partial charge in [0.1, 0.15) is 5.69 Å². The molecule has 7 nitrogen and oxygen atoms in total. The van der Waals surface area contributed by atoms with Crippen LogP contribution < -0.4 is 10.1 Å². The molecule has 1 atom stereocenters. The van der Waals surface area contributed by atoms with E-state index in [-0.39, 0.29) is 11.4 Å². The average Bonchev–Trinajstić information content (AvgIpc) is 3.16. The highest BCUT2D eigenvalue weighted by molar-refractivity contribution is 5.98. The maximum absolute atomic E-state index is 13.6. The van der Waals surface area contributed by atoms with Gasteiger partial charge in [0, 0.05) is 23.2 Å². The first kappa shape index (κ1) is 20.0. The maximum atomic E-state index is 13.6. The number of nitrogens with one attached hydrogen (secondary N) is 1. The molecule has 0 spiro atoms. The molecule has 3 aromatic heterocycles. The maximum Gasteiger partial charge on any atom is 0.433 e. The molecular formula is C19H17F4N5O2. The summed E-state index contributed by atoms with van der Waals surface area (Å²) in [5.74, 6) is -1.95. The third kappa shape index (κ3) is 3.23. The normalized spacial score (nSPS) is 17.8. The number of anilines is 1. The highest BCUT2D eigenvalue weighted by atomic mass is 19.4. The van der Waals surface area contributed by atoms with Crippen molar-refractivity contribution in [3.8, 4) is 5.75 Å². The second kappa shape index (κ2) is 6.64. The number of fused-ring (bicyclic) bond motifs is 3. The number of rotatable bonds is 3. The van der Waals surface area contributed by atoms with Gasteiger partial charge in [0.2, 0.25) is 11.9 Å². The quantitative estimate of drug-likeness (QED) is 0.650. The van der Waals surface area contributed by atoms with Crippen molar-refractivity contribution >= 4 is 17.2 Å². The summed E-state index contributed by atoms with van der Waals surface area (Å²) in [6, 6.07) is 1.91. The van der Waals surface area contributed by atoms with Crippen LogP contribution in [0.5, 0.6) is 5.75 Å². The fourth-order valence-corrected chi connectivity index (χ4v) is 3.88. The van der Waals surface area contributed by atoms with Crippen LogP contribution in [-0.2, 0) is 16.4 Å². The summed E-state index contributed by atoms with van der Waals surface area (Å²) in [4.78, 5) is 20.5. The lowest BCUT2D eigenvalue weighted by Gasteiger charge is -2.19. The van der Waals surface area contributed by atoms with Crippen LogP contribution in [0.1, 0.15) is 43.1 Å². The molecule has 1 amide bonds. The predicted octanol–water partition coefficient (Wildman–Crippen LogP) is 3.69. The van der Waals surface area contributed by atoms with E-state index in [2.05, 4.69) is 20.4 Å². The number of alkyl halides is 3. The Morgan fingerprint density at radius 3 is 2.67 bits per heavy atom. The Kier molecular flexibility index (Phi) is 4.44. The summed E-state index contributed by atoms with van der Waals surface area (Å²) in [7, 11) is 1.26. The van der Waals surface area contributed by atoms with Crippen LogP contribution in [0.4, 0.5) is 23.2 Å². The number of methoxy groups -OCH3 is 1. The molecule has 30 heavy (non-hydrogen) atoms. The van der Waals surface area contributed by atoms with E-state index in [1.54, 1.807) is 0 Å². The molecule has 11 heteroatoms. The fraction of sp³-hybridized carbons (Fsp3) is 0.368. The number of pyridine rings is 1. The zero-order valence-electron chi connectivity index (χ0n) is 16.2. The second-order valence-corrected chi connectivity index (χ2v) is 7.70. The van der Waals surface area contributed by atoms with Crippen molar-refractivity contribution in [2.45, 2.75) is 37.8 Å². The van der Waals surface area contributed by atoms with E-state index < -0.39 is 35.1 Å². The Balaban J connectivity index is 1.72. The van der Waals surface area contributed by atoms with E-state index in [1.807, 2.05) is 13.8 Å². The summed E-state index contributed by atoms with van der Waals surface area (Å²) in [5, 5.41) is 6.34. The Morgan fingerprint density at radius 2 is 2.00 bits per heavy atom. The molecule has 4 rings (SSSR count). The standard InChI is InChI=1S/C19H17F4N5O2/c1-18(2)6-9(10-7-25-15-5-14(20)27-28(15)16(10)18)17(29)26-11-4-13(19(21,22)23)24-8-12(11)30-3/h4-5,7-9H,6H2,1-3H3,(H,24,26,29)/t9-/m1/s1. The number of halogens is 4. The largest absolute Gasteiger partial charge is 0.493 e. The van der Waals surface area contributed by atoms with Crippen molar-refractivity contribution in [3.63, 3.8) is 0 Å². The average molecular weight is 423 g/mol. The van der Waals surface area contributed by atoms with Gasteiger partial charge in [-0.3, -0.25) is 4.79 Å². The van der Waals surface area contributed by atoms with E-state index in [1.165, 1.54) is 23.9 Å². The van der Waals surface area contributed by atoms with Gasteiger partial charge in [-0.1, -0.05) is 13.8 Å². The third-order valence-electron chi connectivity index (χ3n) is 5.16. The molecule has 3 aromatic rings. The van der Waals surface area contributed by atoms with Crippen LogP contribution in [0.15, 0.2) is 24.5 Å². The van der Waals surface area contributed by atoms with E-state index in [0.29, 0.717) is 23.3 Å². The number of hydrogen-bond donors (Lipinski definition) is 1. The van der Waals surface area contributed by atoms with Gasteiger partial charge in [-0.15, -0.1) is 5.10 Å². The van der Waals surface area contributed by atoms with Crippen molar-refractivity contribution in [1.29, 1.82) is 0 Å². The highest BCUT2D eigenvalue weighted by Crippen LogP contribution is 2.46. The number of carbonyl (C=O) groups excluding carboxylic acids is 1. The number of aromatic nitrogens is 4. The van der Waals surface area contributed by atoms with Gasteiger partial charge in [-0.25, -0.2) is 14.5 Å². The van der Waals surface area contributed by atoms with Gasteiger partial charge in [0.25, 0.3) is 0 Å². The molecule has 0 unspecified atom stereocenters. The monoisotopic (exact) mass is 423 g/mol. The van der Waals surface area contributed by atoms with Gasteiger partial charge in [0.15, 0.2) is 11.4 Å². The summed E-state index contributed by atoms with van der Waals surface area (Å²) in [6.07, 6.45) is -1.94. The first-order valence-corrected chi connectivity index (χ1v) is 8.98. The number of ether oxygens (including phenoxy) is 1. The molecule has 158 valence electrons. The van der Waals surface area contributed by atoms with E-state index in [9.17, 15) is 22.4 Å². The molecule has 0 radical (unpaired) electrons. The van der Waals surface area contributed by atoms with Crippen molar-refractivity contribution in [2.75, 3.05) is 12.4 Å². The van der Waals surface area contributed by atoms with Crippen LogP contribution in [0.3, 0.4) is 0 Å². The van der Waals surface area contributed by atoms with Crippen LogP contribution in [0.2, 0.25) is 0 Å². The molecule has 0 aromatic carbocycles. The Bertz CT molecular complexity index is 1160. The number of carbonyl (C=O) groups is 1. The minimum atomic E-state index is -4.67. The van der Waals surface area contributed by atoms with Gasteiger partial charge in [-0.05, 0) is 12.5 Å². The van der Waals surface area contributed by atoms with Gasteiger partial charge in [-0.2, -0.15) is 17.6 Å². The van der Waals surface area contributed by atoms with E-state index in [0.717, 1.165) is 12.3 Å². The fourth-order valence-electron chi connectivity index (χ4n) is 3.88. The Hall–Kier alpha value is -3.24. The zero-order chi connectivity index (χ0) is 21.8. The van der Waals surface area contributed by atoms with Crippen molar-refractivity contribution in [3.05, 3.63) is 47.4 Å². The van der Waals surface area contributed by atoms with Gasteiger partial charge in [0.05, 0.1) is 30.6 Å². The number of hydrogen-bond acceptors (Lipinski definition) is 5. The van der Waals surface area contributed by atoms with Crippen LogP contribution in [0, 0.1) is 5.95 Å². The molecule has 0 bridgehead atoms. The smallest absolute Gasteiger partial charge is 0.433 e. The van der Waals surface area contributed by atoms with Gasteiger partial charge >= 0.3 is 6.18 Å². The van der Waals surface area contributed by atoms with Crippen LogP contribution in [-0.4, -0.2) is 32.6 Å². The molecule has 1 aliphatic carbocycles. The topological polar surface area (TPSA) is 81.4 Å². The first-order chi connectivity index (χ1) is 14.0. The Labute approximate surface area is 168 Å². The lowest BCUT2D eigenvalue weighted by molar-refractivity contribution is -0.141. The number of amides is 1. The molecule has 1 N–H and O–H groups in total. The molecule has 3 heterocycles. The molecule has 0 aliphatic heterocycles. The van der Waals surface area contributed by atoms with E-state index >= 15 is 0 Å². The first-order valence-electron chi connectivity index (χ1n) is 8.98. The summed E-state index contributed by atoms with van der Waals surface area (Å²) in [6.45, 7) is 3.76. The van der Waals surface area contributed by atoms with Crippen LogP contribution in [0.25, 0.3) is 5.65 Å². The van der Waals surface area contributed by atoms with E-state index in [4.69, 9.17) is 4.74 Å². The lowest BCUT2D eigenvalue weighted by Crippen LogP contribution is -2.22. The minimum Gasteiger partial charge on any atom is -0.493 e. The molecule has 0 fully saturated rings. The zero-order valence-corrected chi connectivity index (χ0v) is 16.2. The highest BCUT2D eigenvalue weighted by Gasteiger charge is 2.43.